The number of hydrogen-bond donors (Lipinski definition) is 1. The van der Waals surface area contributed by atoms with Crippen molar-refractivity contribution in [3.8, 4) is 0 Å². The number of benzene rings is 2. The molecule has 1 amide bonds. The number of amides is 1. The molecule has 0 aromatic heterocycles. The van der Waals surface area contributed by atoms with Crippen molar-refractivity contribution in [1.82, 2.24) is 9.62 Å². The fraction of sp³-hybridized carbons (Fsp3) is 0.435. The molecule has 162 valence electrons. The Kier molecular flexibility index (Phi) is 7.15. The molecule has 0 atom stereocenters. The van der Waals surface area contributed by atoms with Crippen molar-refractivity contribution < 1.29 is 13.2 Å². The van der Waals surface area contributed by atoms with E-state index in [0.717, 1.165) is 11.3 Å². The van der Waals surface area contributed by atoms with E-state index in [2.05, 4.69) is 10.2 Å². The first kappa shape index (κ1) is 22.3. The predicted molar refractivity (Wildman–Crippen MR) is 121 cm³/mol. The van der Waals surface area contributed by atoms with E-state index in [-0.39, 0.29) is 11.7 Å². The van der Waals surface area contributed by atoms with Gasteiger partial charge in [-0.3, -0.25) is 4.79 Å². The van der Waals surface area contributed by atoms with E-state index < -0.39 is 15.4 Å². The molecule has 1 aliphatic rings. The minimum atomic E-state index is -3.24. The average Bonchev–Trinajstić information content (AvgIpc) is 2.80. The van der Waals surface area contributed by atoms with Gasteiger partial charge in [0.25, 0.3) is 0 Å². The van der Waals surface area contributed by atoms with E-state index in [4.69, 9.17) is 0 Å². The zero-order valence-corrected chi connectivity index (χ0v) is 18.6. The maximum absolute atomic E-state index is 13.4. The van der Waals surface area contributed by atoms with Gasteiger partial charge in [-0.05, 0) is 37.5 Å². The maximum Gasteiger partial charge on any atom is 0.230 e. The summed E-state index contributed by atoms with van der Waals surface area (Å²) in [5, 5.41) is 3.11. The molecular formula is C23H31N3O3S. The molecule has 0 saturated carbocycles. The summed E-state index contributed by atoms with van der Waals surface area (Å²) in [5.41, 5.74) is 1.35. The summed E-state index contributed by atoms with van der Waals surface area (Å²) in [6.07, 6.45) is 0.965. The summed E-state index contributed by atoms with van der Waals surface area (Å²) in [5.74, 6) is 0.0623. The first-order chi connectivity index (χ1) is 14.4. The Hall–Kier alpha value is -2.38. The van der Waals surface area contributed by atoms with Crippen LogP contribution in [-0.2, 0) is 20.2 Å². The molecule has 2 aromatic rings. The second-order valence-corrected chi connectivity index (χ2v) is 10.0. The smallest absolute Gasteiger partial charge is 0.230 e. The molecule has 0 radical (unpaired) electrons. The molecule has 0 bridgehead atoms. The molecule has 1 saturated heterocycles. The van der Waals surface area contributed by atoms with Gasteiger partial charge in [0.05, 0.1) is 11.2 Å². The van der Waals surface area contributed by atoms with Crippen molar-refractivity contribution in [2.24, 2.45) is 0 Å². The van der Waals surface area contributed by atoms with Gasteiger partial charge in [-0.15, -0.1) is 0 Å². The third-order valence-corrected chi connectivity index (χ3v) is 7.91. The van der Waals surface area contributed by atoms with E-state index in [9.17, 15) is 13.2 Å². The lowest BCUT2D eigenvalue weighted by Gasteiger charge is -2.40. The van der Waals surface area contributed by atoms with Crippen molar-refractivity contribution >= 4 is 21.6 Å². The van der Waals surface area contributed by atoms with Crippen molar-refractivity contribution in [2.45, 2.75) is 25.2 Å². The number of carbonyl (C=O) groups is 1. The van der Waals surface area contributed by atoms with E-state index in [1.807, 2.05) is 67.7 Å². The lowest BCUT2D eigenvalue weighted by molar-refractivity contribution is -0.128. The largest absolute Gasteiger partial charge is 0.373 e. The summed E-state index contributed by atoms with van der Waals surface area (Å²) < 4.78 is 26.1. The summed E-state index contributed by atoms with van der Waals surface area (Å²) in [7, 11) is -1.24. The number of piperidine rings is 1. The summed E-state index contributed by atoms with van der Waals surface area (Å²) in [6, 6.07) is 19.8. The number of rotatable bonds is 8. The predicted octanol–water partition coefficient (Wildman–Crippen LogP) is 2.62. The number of sulfonamides is 1. The Balaban J connectivity index is 1.70. The Labute approximate surface area is 179 Å². The molecule has 1 aliphatic heterocycles. The summed E-state index contributed by atoms with van der Waals surface area (Å²) in [4.78, 5) is 15.5. The van der Waals surface area contributed by atoms with E-state index in [1.165, 1.54) is 4.31 Å². The normalized spacial score (nSPS) is 16.7. The van der Waals surface area contributed by atoms with Crippen LogP contribution >= 0.6 is 0 Å². The summed E-state index contributed by atoms with van der Waals surface area (Å²) in [6.45, 7) is 3.60. The first-order valence-electron chi connectivity index (χ1n) is 10.5. The maximum atomic E-state index is 13.4. The second-order valence-electron chi connectivity index (χ2n) is 7.76. The minimum absolute atomic E-state index is 0.0243. The fourth-order valence-electron chi connectivity index (χ4n) is 4.05. The van der Waals surface area contributed by atoms with Gasteiger partial charge in [-0.2, -0.15) is 0 Å². The topological polar surface area (TPSA) is 69.7 Å². The van der Waals surface area contributed by atoms with Crippen molar-refractivity contribution in [3.63, 3.8) is 0 Å². The Morgan fingerprint density at radius 3 is 2.17 bits per heavy atom. The highest BCUT2D eigenvalue weighted by Gasteiger charge is 2.44. The standard InChI is InChI=1S/C23H31N3O3S/c1-3-30(28,29)26-17-14-23(15-18-26,20-10-6-4-7-11-20)22(27)24-16-19-25(2)21-12-8-5-9-13-21/h4-13H,3,14-19H2,1-2H3,(H,24,27). The molecule has 0 aliphatic carbocycles. The zero-order valence-electron chi connectivity index (χ0n) is 17.8. The highest BCUT2D eigenvalue weighted by molar-refractivity contribution is 7.89. The molecule has 1 fully saturated rings. The number of para-hydroxylation sites is 1. The van der Waals surface area contributed by atoms with Gasteiger partial charge in [0.1, 0.15) is 0 Å². The van der Waals surface area contributed by atoms with Crippen LogP contribution in [0.3, 0.4) is 0 Å². The zero-order chi connectivity index (χ0) is 21.6. The van der Waals surface area contributed by atoms with Crippen molar-refractivity contribution in [1.29, 1.82) is 0 Å². The van der Waals surface area contributed by atoms with Gasteiger partial charge in [-0.1, -0.05) is 48.5 Å². The third kappa shape index (κ3) is 4.84. The number of likely N-dealkylation sites (N-methyl/N-ethyl adjacent to an activating group) is 1. The van der Waals surface area contributed by atoms with Gasteiger partial charge in [0, 0.05) is 38.9 Å². The van der Waals surface area contributed by atoms with Gasteiger partial charge < -0.3 is 10.2 Å². The van der Waals surface area contributed by atoms with Gasteiger partial charge in [-0.25, -0.2) is 12.7 Å². The highest BCUT2D eigenvalue weighted by atomic mass is 32.2. The number of anilines is 1. The molecule has 1 heterocycles. The van der Waals surface area contributed by atoms with Crippen LogP contribution in [0.25, 0.3) is 0 Å². The van der Waals surface area contributed by atoms with Crippen LogP contribution in [0.1, 0.15) is 25.3 Å². The Morgan fingerprint density at radius 2 is 1.60 bits per heavy atom. The number of hydrogen-bond acceptors (Lipinski definition) is 4. The summed E-state index contributed by atoms with van der Waals surface area (Å²) >= 11 is 0. The molecule has 1 N–H and O–H groups in total. The van der Waals surface area contributed by atoms with E-state index in [1.54, 1.807) is 6.92 Å². The molecule has 0 unspecified atom stereocenters. The SMILES string of the molecule is CCS(=O)(=O)N1CCC(C(=O)NCCN(C)c2ccccc2)(c2ccccc2)CC1. The Bertz CT molecular complexity index is 925. The second kappa shape index (κ2) is 9.62. The molecular weight excluding hydrogens is 398 g/mol. The van der Waals surface area contributed by atoms with Crippen LogP contribution in [0.2, 0.25) is 0 Å². The first-order valence-corrected chi connectivity index (χ1v) is 12.1. The van der Waals surface area contributed by atoms with Crippen LogP contribution in [-0.4, -0.2) is 57.6 Å². The van der Waals surface area contributed by atoms with Gasteiger partial charge >= 0.3 is 0 Å². The Morgan fingerprint density at radius 1 is 1.03 bits per heavy atom. The minimum Gasteiger partial charge on any atom is -0.373 e. The molecule has 30 heavy (non-hydrogen) atoms. The molecule has 0 spiro atoms. The lowest BCUT2D eigenvalue weighted by Crippen LogP contribution is -2.53. The van der Waals surface area contributed by atoms with Crippen LogP contribution in [0.5, 0.6) is 0 Å². The number of nitrogens with one attached hydrogen (secondary N) is 1. The van der Waals surface area contributed by atoms with Crippen LogP contribution in [0.15, 0.2) is 60.7 Å². The molecule has 3 rings (SSSR count). The number of nitrogens with zero attached hydrogens (tertiary/aromatic N) is 2. The van der Waals surface area contributed by atoms with Crippen molar-refractivity contribution in [3.05, 3.63) is 66.2 Å². The quantitative estimate of drug-likeness (QED) is 0.700. The average molecular weight is 430 g/mol. The van der Waals surface area contributed by atoms with E-state index >= 15 is 0 Å². The highest BCUT2D eigenvalue weighted by Crippen LogP contribution is 2.36. The van der Waals surface area contributed by atoms with E-state index in [0.29, 0.717) is 39.0 Å². The molecule has 7 heteroatoms. The van der Waals surface area contributed by atoms with Crippen LogP contribution in [0.4, 0.5) is 5.69 Å². The van der Waals surface area contributed by atoms with Crippen LogP contribution in [0, 0.1) is 0 Å². The van der Waals surface area contributed by atoms with Gasteiger partial charge in [0.2, 0.25) is 15.9 Å². The molecule has 2 aromatic carbocycles. The molecule has 6 nitrogen and oxygen atoms in total. The van der Waals surface area contributed by atoms with Crippen LogP contribution < -0.4 is 10.2 Å². The van der Waals surface area contributed by atoms with Crippen molar-refractivity contribution in [2.75, 3.05) is 43.9 Å². The lowest BCUT2D eigenvalue weighted by atomic mass is 9.72. The van der Waals surface area contributed by atoms with Gasteiger partial charge in [0.15, 0.2) is 0 Å². The number of carbonyl (C=O) groups excluding carboxylic acids is 1. The fourth-order valence-corrected chi connectivity index (χ4v) is 5.15. The third-order valence-electron chi connectivity index (χ3n) is 6.02. The monoisotopic (exact) mass is 429 g/mol.